The van der Waals surface area contributed by atoms with E-state index in [4.69, 9.17) is 9.47 Å². The zero-order chi connectivity index (χ0) is 23.8. The van der Waals surface area contributed by atoms with Crippen molar-refractivity contribution in [2.24, 2.45) is 7.05 Å². The minimum Gasteiger partial charge on any atom is -0.497 e. The smallest absolute Gasteiger partial charge is 0.255 e. The topological polar surface area (TPSA) is 72.8 Å². The molecular weight excluding hydrogens is 430 g/mol. The number of ether oxygens (including phenoxy) is 2. The minimum atomic E-state index is -0.363. The highest BCUT2D eigenvalue weighted by atomic mass is 16.5. The van der Waals surface area contributed by atoms with Crippen LogP contribution in [0.1, 0.15) is 27.5 Å². The van der Waals surface area contributed by atoms with Gasteiger partial charge in [-0.05, 0) is 29.8 Å². The number of carbonyl (C=O) groups is 2. The third-order valence-corrected chi connectivity index (χ3v) is 6.28. The molecule has 1 aromatic heterocycles. The highest BCUT2D eigenvalue weighted by Crippen LogP contribution is 2.41. The molecule has 0 unspecified atom stereocenters. The van der Waals surface area contributed by atoms with Gasteiger partial charge in [0.15, 0.2) is 0 Å². The van der Waals surface area contributed by atoms with E-state index in [0.29, 0.717) is 22.7 Å². The number of hydrogen-bond donors (Lipinski definition) is 1. The summed E-state index contributed by atoms with van der Waals surface area (Å²) in [5, 5.41) is 3.94. The number of para-hydroxylation sites is 1. The number of methoxy groups -OCH3 is 2. The second kappa shape index (κ2) is 8.59. The van der Waals surface area contributed by atoms with Crippen molar-refractivity contribution >= 4 is 28.4 Å². The van der Waals surface area contributed by atoms with Gasteiger partial charge in [0.2, 0.25) is 5.91 Å². The first-order valence-corrected chi connectivity index (χ1v) is 11.0. The van der Waals surface area contributed by atoms with E-state index in [-0.39, 0.29) is 24.4 Å². The van der Waals surface area contributed by atoms with Crippen molar-refractivity contribution in [1.29, 1.82) is 0 Å². The fraction of sp³-hybridized carbons (Fsp3) is 0.185. The first kappa shape index (κ1) is 21.6. The number of aromatic nitrogens is 1. The van der Waals surface area contributed by atoms with Crippen molar-refractivity contribution in [2.75, 3.05) is 26.1 Å². The molecule has 0 bridgehead atoms. The van der Waals surface area contributed by atoms with Gasteiger partial charge in [-0.1, -0.05) is 36.4 Å². The Morgan fingerprint density at radius 3 is 2.53 bits per heavy atom. The van der Waals surface area contributed by atoms with E-state index in [1.54, 1.807) is 30.2 Å². The van der Waals surface area contributed by atoms with Gasteiger partial charge in [-0.2, -0.15) is 0 Å². The Kier molecular flexibility index (Phi) is 5.45. The molecule has 0 fully saturated rings. The number of aryl methyl sites for hydroxylation is 1. The predicted octanol–water partition coefficient (Wildman–Crippen LogP) is 4.38. The van der Waals surface area contributed by atoms with Crippen LogP contribution in [0.3, 0.4) is 0 Å². The van der Waals surface area contributed by atoms with E-state index in [1.165, 1.54) is 7.11 Å². The van der Waals surface area contributed by atoms with Crippen LogP contribution in [0.2, 0.25) is 0 Å². The largest absolute Gasteiger partial charge is 0.497 e. The second-order valence-corrected chi connectivity index (χ2v) is 8.25. The molecule has 7 nitrogen and oxygen atoms in total. The summed E-state index contributed by atoms with van der Waals surface area (Å²) in [5.41, 5.74) is 4.10. The zero-order valence-corrected chi connectivity index (χ0v) is 19.2. The first-order valence-electron chi connectivity index (χ1n) is 11.0. The fourth-order valence-electron chi connectivity index (χ4n) is 4.71. The van der Waals surface area contributed by atoms with Crippen LogP contribution in [0.25, 0.3) is 10.9 Å². The van der Waals surface area contributed by atoms with Crippen molar-refractivity contribution in [2.45, 2.75) is 6.04 Å². The molecule has 3 aromatic carbocycles. The Morgan fingerprint density at radius 1 is 0.971 bits per heavy atom. The van der Waals surface area contributed by atoms with Crippen LogP contribution in [0, 0.1) is 0 Å². The van der Waals surface area contributed by atoms with Crippen molar-refractivity contribution < 1.29 is 19.1 Å². The Morgan fingerprint density at radius 2 is 1.74 bits per heavy atom. The summed E-state index contributed by atoms with van der Waals surface area (Å²) < 4.78 is 12.7. The molecule has 2 amide bonds. The molecule has 0 spiro atoms. The first-order chi connectivity index (χ1) is 16.5. The Hall–Kier alpha value is -4.26. The van der Waals surface area contributed by atoms with Gasteiger partial charge in [0.1, 0.15) is 18.0 Å². The summed E-state index contributed by atoms with van der Waals surface area (Å²) in [7, 11) is 5.08. The SMILES string of the molecule is COc1ccc(NC(=O)CN2C(=O)c3ccccc3[C@H]2c2cn(C)c3ccccc23)c(OC)c1. The van der Waals surface area contributed by atoms with Crippen molar-refractivity contribution in [3.05, 3.63) is 89.6 Å². The molecule has 1 atom stereocenters. The van der Waals surface area contributed by atoms with Crippen molar-refractivity contribution in [3.8, 4) is 11.5 Å². The van der Waals surface area contributed by atoms with E-state index >= 15 is 0 Å². The quantitative estimate of drug-likeness (QED) is 0.468. The second-order valence-electron chi connectivity index (χ2n) is 8.25. The summed E-state index contributed by atoms with van der Waals surface area (Å²) >= 11 is 0. The van der Waals surface area contributed by atoms with E-state index < -0.39 is 0 Å². The maximum Gasteiger partial charge on any atom is 0.255 e. The van der Waals surface area contributed by atoms with E-state index in [2.05, 4.69) is 22.0 Å². The molecule has 34 heavy (non-hydrogen) atoms. The molecule has 0 saturated heterocycles. The number of fused-ring (bicyclic) bond motifs is 2. The molecular formula is C27H25N3O4. The predicted molar refractivity (Wildman–Crippen MR) is 130 cm³/mol. The van der Waals surface area contributed by atoms with Crippen LogP contribution in [-0.2, 0) is 11.8 Å². The van der Waals surface area contributed by atoms with Crippen LogP contribution in [0.15, 0.2) is 72.9 Å². The molecule has 1 aliphatic rings. The third kappa shape index (κ3) is 3.55. The normalized spacial score (nSPS) is 14.9. The molecule has 0 saturated carbocycles. The Bertz CT molecular complexity index is 1410. The molecule has 172 valence electrons. The van der Waals surface area contributed by atoms with Gasteiger partial charge in [0.05, 0.1) is 25.9 Å². The molecule has 5 rings (SSSR count). The van der Waals surface area contributed by atoms with Crippen LogP contribution >= 0.6 is 0 Å². The number of rotatable bonds is 6. The van der Waals surface area contributed by atoms with Crippen LogP contribution in [-0.4, -0.2) is 42.0 Å². The maximum atomic E-state index is 13.4. The minimum absolute atomic E-state index is 0.101. The number of anilines is 1. The molecule has 2 heterocycles. The molecule has 1 aliphatic heterocycles. The van der Waals surface area contributed by atoms with E-state index in [0.717, 1.165) is 22.0 Å². The summed E-state index contributed by atoms with van der Waals surface area (Å²) in [6, 6.07) is 20.4. The summed E-state index contributed by atoms with van der Waals surface area (Å²) in [6.07, 6.45) is 2.04. The highest BCUT2D eigenvalue weighted by molar-refractivity contribution is 6.04. The summed E-state index contributed by atoms with van der Waals surface area (Å²) in [4.78, 5) is 28.2. The highest BCUT2D eigenvalue weighted by Gasteiger charge is 2.39. The van der Waals surface area contributed by atoms with Gasteiger partial charge in [0.25, 0.3) is 5.91 Å². The number of carbonyl (C=O) groups excluding carboxylic acids is 2. The fourth-order valence-corrected chi connectivity index (χ4v) is 4.71. The number of amides is 2. The number of nitrogens with one attached hydrogen (secondary N) is 1. The van der Waals surface area contributed by atoms with Crippen LogP contribution in [0.4, 0.5) is 5.69 Å². The lowest BCUT2D eigenvalue weighted by atomic mass is 9.97. The number of benzene rings is 3. The molecule has 4 aromatic rings. The molecule has 7 heteroatoms. The van der Waals surface area contributed by atoms with Crippen LogP contribution < -0.4 is 14.8 Å². The Balaban J connectivity index is 1.50. The molecule has 0 aliphatic carbocycles. The van der Waals surface area contributed by atoms with Crippen molar-refractivity contribution in [3.63, 3.8) is 0 Å². The van der Waals surface area contributed by atoms with Gasteiger partial charge in [-0.15, -0.1) is 0 Å². The lowest BCUT2D eigenvalue weighted by Crippen LogP contribution is -2.36. The van der Waals surface area contributed by atoms with Gasteiger partial charge in [-0.25, -0.2) is 0 Å². The van der Waals surface area contributed by atoms with Gasteiger partial charge in [0, 0.05) is 41.3 Å². The van der Waals surface area contributed by atoms with E-state index in [9.17, 15) is 9.59 Å². The van der Waals surface area contributed by atoms with Crippen LogP contribution in [0.5, 0.6) is 11.5 Å². The monoisotopic (exact) mass is 455 g/mol. The van der Waals surface area contributed by atoms with E-state index in [1.807, 2.05) is 49.6 Å². The third-order valence-electron chi connectivity index (χ3n) is 6.28. The maximum absolute atomic E-state index is 13.4. The lowest BCUT2D eigenvalue weighted by Gasteiger charge is -2.25. The van der Waals surface area contributed by atoms with Gasteiger partial charge >= 0.3 is 0 Å². The number of nitrogens with zero attached hydrogens (tertiary/aromatic N) is 2. The lowest BCUT2D eigenvalue weighted by molar-refractivity contribution is -0.117. The van der Waals surface area contributed by atoms with Gasteiger partial charge < -0.3 is 24.3 Å². The Labute approximate surface area is 197 Å². The van der Waals surface area contributed by atoms with Gasteiger partial charge in [-0.3, -0.25) is 9.59 Å². The molecule has 0 radical (unpaired) electrons. The standard InChI is InChI=1S/C27H25N3O4/c1-29-15-21(18-8-6-7-11-23(18)29)26-19-9-4-5-10-20(19)27(32)30(26)16-25(31)28-22-13-12-17(33-2)14-24(22)34-3/h4-15,26H,16H2,1-3H3,(H,28,31)/t26-/m0/s1. The number of hydrogen-bond acceptors (Lipinski definition) is 4. The summed E-state index contributed by atoms with van der Waals surface area (Å²) in [5.74, 6) is 0.630. The average molecular weight is 456 g/mol. The average Bonchev–Trinajstić information content (AvgIpc) is 3.33. The zero-order valence-electron chi connectivity index (χ0n) is 19.2. The summed E-state index contributed by atoms with van der Waals surface area (Å²) in [6.45, 7) is -0.101. The molecule has 1 N–H and O–H groups in total. The van der Waals surface area contributed by atoms with Crippen molar-refractivity contribution in [1.82, 2.24) is 9.47 Å².